The Kier molecular flexibility index (Phi) is 4.50. The number of benzene rings is 1. The third-order valence-electron chi connectivity index (χ3n) is 3.58. The number of pyridine rings is 1. The van der Waals surface area contributed by atoms with Crippen LogP contribution in [-0.2, 0) is 6.54 Å². The summed E-state index contributed by atoms with van der Waals surface area (Å²) in [6, 6.07) is 6.22. The molecule has 7 heteroatoms. The molecule has 124 valence electrons. The van der Waals surface area contributed by atoms with Crippen molar-refractivity contribution in [2.24, 2.45) is 0 Å². The maximum Gasteiger partial charge on any atom is 0.252 e. The van der Waals surface area contributed by atoms with E-state index in [0.29, 0.717) is 12.2 Å². The first-order valence-electron chi connectivity index (χ1n) is 7.66. The van der Waals surface area contributed by atoms with Gasteiger partial charge in [-0.2, -0.15) is 4.98 Å². The lowest BCUT2D eigenvalue weighted by atomic mass is 10.3. The van der Waals surface area contributed by atoms with Gasteiger partial charge in [0.05, 0.1) is 0 Å². The molecule has 5 nitrogen and oxygen atoms in total. The molecule has 0 saturated heterocycles. The van der Waals surface area contributed by atoms with E-state index in [-0.39, 0.29) is 17.2 Å². The number of nitrogens with zero attached hydrogens (tertiary/aromatic N) is 3. The van der Waals surface area contributed by atoms with Gasteiger partial charge in [0.2, 0.25) is 5.95 Å². The fourth-order valence-corrected chi connectivity index (χ4v) is 2.42. The first-order valence-corrected chi connectivity index (χ1v) is 7.66. The highest BCUT2D eigenvalue weighted by Crippen LogP contribution is 2.18. The average Bonchev–Trinajstić information content (AvgIpc) is 2.53. The number of halogens is 2. The Hall–Kier alpha value is -2.83. The summed E-state index contributed by atoms with van der Waals surface area (Å²) in [5.41, 5.74) is 0.549. The monoisotopic (exact) mass is 330 g/mol. The zero-order chi connectivity index (χ0) is 17.1. The first-order chi connectivity index (χ1) is 11.6. The number of aromatic nitrogens is 3. The van der Waals surface area contributed by atoms with Crippen molar-refractivity contribution in [1.29, 1.82) is 0 Å². The Balaban J connectivity index is 2.01. The van der Waals surface area contributed by atoms with Crippen LogP contribution in [0.2, 0.25) is 0 Å². The largest absolute Gasteiger partial charge is 0.324 e. The van der Waals surface area contributed by atoms with Gasteiger partial charge < -0.3 is 5.32 Å². The van der Waals surface area contributed by atoms with E-state index in [4.69, 9.17) is 0 Å². The minimum atomic E-state index is -0.696. The molecule has 0 fully saturated rings. The van der Waals surface area contributed by atoms with Crippen LogP contribution in [0.3, 0.4) is 0 Å². The highest BCUT2D eigenvalue weighted by atomic mass is 19.1. The van der Waals surface area contributed by atoms with Gasteiger partial charge in [-0.15, -0.1) is 0 Å². The van der Waals surface area contributed by atoms with Gasteiger partial charge in [-0.3, -0.25) is 9.36 Å². The van der Waals surface area contributed by atoms with E-state index in [1.54, 1.807) is 16.8 Å². The number of aryl methyl sites for hydroxylation is 1. The van der Waals surface area contributed by atoms with Crippen LogP contribution >= 0.6 is 0 Å². The van der Waals surface area contributed by atoms with Crippen LogP contribution in [-0.4, -0.2) is 14.5 Å². The van der Waals surface area contributed by atoms with Crippen molar-refractivity contribution in [3.8, 4) is 0 Å². The normalized spacial score (nSPS) is 11.0. The highest BCUT2D eigenvalue weighted by molar-refractivity contribution is 5.75. The molecule has 0 aliphatic heterocycles. The minimum Gasteiger partial charge on any atom is -0.324 e. The van der Waals surface area contributed by atoms with Crippen molar-refractivity contribution in [2.45, 2.75) is 26.3 Å². The molecule has 0 bridgehead atoms. The quantitative estimate of drug-likeness (QED) is 0.776. The minimum absolute atomic E-state index is 0.141. The van der Waals surface area contributed by atoms with Crippen molar-refractivity contribution < 1.29 is 8.78 Å². The van der Waals surface area contributed by atoms with Crippen LogP contribution in [0.1, 0.15) is 19.8 Å². The number of hydrogen-bond acceptors (Lipinski definition) is 4. The predicted octanol–water partition coefficient (Wildman–Crippen LogP) is 3.61. The molecule has 3 rings (SSSR count). The molecule has 0 atom stereocenters. The Morgan fingerprint density at radius 3 is 2.62 bits per heavy atom. The standard InChI is InChI=1S/C17H16F2N4O/c1-2-3-6-23-15(24)5-4-11-10-20-17(22-16(11)23)21-14-8-12(18)7-13(19)9-14/h4-5,7-10H,2-3,6H2,1H3,(H,20,21,22). The molecular formula is C17H16F2N4O. The second-order valence-electron chi connectivity index (χ2n) is 5.43. The molecule has 0 unspecified atom stereocenters. The van der Waals surface area contributed by atoms with E-state index in [2.05, 4.69) is 15.3 Å². The van der Waals surface area contributed by atoms with Crippen molar-refractivity contribution in [2.75, 3.05) is 5.32 Å². The summed E-state index contributed by atoms with van der Waals surface area (Å²) in [6.07, 6.45) is 3.37. The second kappa shape index (κ2) is 6.74. The summed E-state index contributed by atoms with van der Waals surface area (Å²) in [6.45, 7) is 2.59. The molecule has 0 radical (unpaired) electrons. The molecule has 0 aliphatic carbocycles. The summed E-state index contributed by atoms with van der Waals surface area (Å²) in [5, 5.41) is 3.49. The Morgan fingerprint density at radius 1 is 1.17 bits per heavy atom. The number of rotatable bonds is 5. The fraction of sp³-hybridized carbons (Fsp3) is 0.235. The van der Waals surface area contributed by atoms with Crippen LogP contribution in [0.4, 0.5) is 20.4 Å². The lowest BCUT2D eigenvalue weighted by molar-refractivity contribution is 0.584. The van der Waals surface area contributed by atoms with Crippen LogP contribution in [0.15, 0.2) is 41.3 Å². The summed E-state index contributed by atoms with van der Waals surface area (Å²) < 4.78 is 28.1. The van der Waals surface area contributed by atoms with E-state index in [1.807, 2.05) is 6.92 Å². The molecular weight excluding hydrogens is 314 g/mol. The fourth-order valence-electron chi connectivity index (χ4n) is 2.42. The summed E-state index contributed by atoms with van der Waals surface area (Å²) in [5.74, 6) is -1.22. The third kappa shape index (κ3) is 3.40. The SMILES string of the molecule is CCCCn1c(=O)ccc2cnc(Nc3cc(F)cc(F)c3)nc21. The molecule has 0 saturated carbocycles. The lowest BCUT2D eigenvalue weighted by Gasteiger charge is -2.10. The topological polar surface area (TPSA) is 59.8 Å². The van der Waals surface area contributed by atoms with Gasteiger partial charge in [0.25, 0.3) is 5.56 Å². The molecule has 0 aliphatic rings. The molecule has 24 heavy (non-hydrogen) atoms. The number of nitrogens with one attached hydrogen (secondary N) is 1. The molecule has 1 N–H and O–H groups in total. The molecule has 1 aromatic carbocycles. The van der Waals surface area contributed by atoms with Crippen molar-refractivity contribution in [3.05, 3.63) is 58.5 Å². The second-order valence-corrected chi connectivity index (χ2v) is 5.43. The zero-order valence-corrected chi connectivity index (χ0v) is 13.1. The summed E-state index contributed by atoms with van der Waals surface area (Å²) in [7, 11) is 0. The summed E-state index contributed by atoms with van der Waals surface area (Å²) >= 11 is 0. The van der Waals surface area contributed by atoms with Crippen LogP contribution in [0.25, 0.3) is 11.0 Å². The van der Waals surface area contributed by atoms with Gasteiger partial charge in [0.15, 0.2) is 0 Å². The van der Waals surface area contributed by atoms with E-state index >= 15 is 0 Å². The Bertz CT molecular complexity index is 919. The maximum absolute atomic E-state index is 13.3. The van der Waals surface area contributed by atoms with Crippen LogP contribution in [0, 0.1) is 11.6 Å². The van der Waals surface area contributed by atoms with Crippen molar-refractivity contribution >= 4 is 22.7 Å². The third-order valence-corrected chi connectivity index (χ3v) is 3.58. The van der Waals surface area contributed by atoms with Gasteiger partial charge in [0, 0.05) is 35.9 Å². The zero-order valence-electron chi connectivity index (χ0n) is 13.1. The van der Waals surface area contributed by atoms with Crippen molar-refractivity contribution in [3.63, 3.8) is 0 Å². The Morgan fingerprint density at radius 2 is 1.92 bits per heavy atom. The maximum atomic E-state index is 13.3. The lowest BCUT2D eigenvalue weighted by Crippen LogP contribution is -2.20. The van der Waals surface area contributed by atoms with Gasteiger partial charge in [0.1, 0.15) is 17.3 Å². The number of fused-ring (bicyclic) bond motifs is 1. The molecule has 2 aromatic heterocycles. The smallest absolute Gasteiger partial charge is 0.252 e. The van der Waals surface area contributed by atoms with E-state index in [1.165, 1.54) is 6.07 Å². The predicted molar refractivity (Wildman–Crippen MR) is 88.3 cm³/mol. The van der Waals surface area contributed by atoms with Gasteiger partial charge in [-0.05, 0) is 24.6 Å². The Labute approximate surface area is 137 Å². The molecule has 2 heterocycles. The molecule has 0 spiro atoms. The van der Waals surface area contributed by atoms with Crippen LogP contribution in [0.5, 0.6) is 0 Å². The van der Waals surface area contributed by atoms with Crippen LogP contribution < -0.4 is 10.9 Å². The van der Waals surface area contributed by atoms with Gasteiger partial charge >= 0.3 is 0 Å². The average molecular weight is 330 g/mol. The molecule has 3 aromatic rings. The van der Waals surface area contributed by atoms with Gasteiger partial charge in [-0.1, -0.05) is 13.3 Å². The van der Waals surface area contributed by atoms with Gasteiger partial charge in [-0.25, -0.2) is 13.8 Å². The number of hydrogen-bond donors (Lipinski definition) is 1. The van der Waals surface area contributed by atoms with Crippen molar-refractivity contribution in [1.82, 2.24) is 14.5 Å². The van der Waals surface area contributed by atoms with E-state index in [9.17, 15) is 13.6 Å². The molecule has 0 amide bonds. The van der Waals surface area contributed by atoms with E-state index < -0.39 is 11.6 Å². The summed E-state index contributed by atoms with van der Waals surface area (Å²) in [4.78, 5) is 20.6. The number of anilines is 2. The van der Waals surface area contributed by atoms with E-state index in [0.717, 1.165) is 36.4 Å². The number of unbranched alkanes of at least 4 members (excludes halogenated alkanes) is 1. The first kappa shape index (κ1) is 16.0. The highest BCUT2D eigenvalue weighted by Gasteiger charge is 2.08.